The topological polar surface area (TPSA) is 79.3 Å². The lowest BCUT2D eigenvalue weighted by atomic mass is 10.1. The number of aryl methyl sites for hydroxylation is 1. The minimum absolute atomic E-state index is 0.146. The number of nitrogens with zero attached hydrogens (tertiary/aromatic N) is 1. The maximum absolute atomic E-state index is 11.8. The summed E-state index contributed by atoms with van der Waals surface area (Å²) in [5.41, 5.74) is 3.21. The van der Waals surface area contributed by atoms with Gasteiger partial charge in [0.1, 0.15) is 0 Å². The van der Waals surface area contributed by atoms with E-state index in [0.29, 0.717) is 13.0 Å². The standard InChI is InChI=1S/C17H18N2O3S/c1-10-19-15(9-23-10)12-4-2-11(3-5-12)6-7-18-16(20)13-8-14(13)17(21)22/h2-5,9,13-14H,6-8H2,1H3,(H,18,20)(H,21,22)/t13-,14-/m1/s1. The molecule has 1 aliphatic rings. The molecule has 23 heavy (non-hydrogen) atoms. The van der Waals surface area contributed by atoms with E-state index in [1.54, 1.807) is 11.3 Å². The van der Waals surface area contributed by atoms with Gasteiger partial charge in [0, 0.05) is 17.5 Å². The fraction of sp³-hybridized carbons (Fsp3) is 0.353. The van der Waals surface area contributed by atoms with Crippen LogP contribution in [0.5, 0.6) is 0 Å². The molecule has 0 saturated heterocycles. The number of thiazole rings is 1. The third kappa shape index (κ3) is 3.76. The molecule has 0 aliphatic heterocycles. The molecule has 1 fully saturated rings. The first-order valence-electron chi connectivity index (χ1n) is 7.56. The van der Waals surface area contributed by atoms with Crippen molar-refractivity contribution in [2.45, 2.75) is 19.8 Å². The Morgan fingerprint density at radius 1 is 1.30 bits per heavy atom. The van der Waals surface area contributed by atoms with Crippen LogP contribution in [0.2, 0.25) is 0 Å². The maximum atomic E-state index is 11.8. The molecule has 2 N–H and O–H groups in total. The number of carboxylic acid groups (broad SMARTS) is 1. The molecule has 0 radical (unpaired) electrons. The number of benzene rings is 1. The number of amides is 1. The molecule has 6 heteroatoms. The highest BCUT2D eigenvalue weighted by Gasteiger charge is 2.48. The molecule has 0 bridgehead atoms. The molecule has 120 valence electrons. The van der Waals surface area contributed by atoms with E-state index in [4.69, 9.17) is 5.11 Å². The van der Waals surface area contributed by atoms with Crippen LogP contribution in [-0.4, -0.2) is 28.5 Å². The third-order valence-corrected chi connectivity index (χ3v) is 4.80. The van der Waals surface area contributed by atoms with Crippen LogP contribution in [0.15, 0.2) is 29.6 Å². The number of carbonyl (C=O) groups excluding carboxylic acids is 1. The molecule has 1 aromatic carbocycles. The molecular weight excluding hydrogens is 312 g/mol. The molecular formula is C17H18N2O3S. The highest BCUT2D eigenvalue weighted by Crippen LogP contribution is 2.38. The Morgan fingerprint density at radius 2 is 2.04 bits per heavy atom. The molecule has 1 aliphatic carbocycles. The molecule has 1 amide bonds. The number of hydrogen-bond acceptors (Lipinski definition) is 4. The van der Waals surface area contributed by atoms with Crippen LogP contribution in [-0.2, 0) is 16.0 Å². The molecule has 5 nitrogen and oxygen atoms in total. The van der Waals surface area contributed by atoms with Crippen molar-refractivity contribution in [3.05, 3.63) is 40.2 Å². The van der Waals surface area contributed by atoms with Gasteiger partial charge in [-0.05, 0) is 25.3 Å². The second kappa shape index (κ2) is 6.50. The minimum atomic E-state index is -0.877. The summed E-state index contributed by atoms with van der Waals surface area (Å²) in [6.45, 7) is 2.51. The van der Waals surface area contributed by atoms with Crippen molar-refractivity contribution in [3.63, 3.8) is 0 Å². The number of aromatic nitrogens is 1. The Labute approximate surface area is 138 Å². The fourth-order valence-electron chi connectivity index (χ4n) is 2.56. The van der Waals surface area contributed by atoms with Gasteiger partial charge < -0.3 is 10.4 Å². The van der Waals surface area contributed by atoms with Crippen molar-refractivity contribution in [2.24, 2.45) is 11.8 Å². The molecule has 1 saturated carbocycles. The summed E-state index contributed by atoms with van der Waals surface area (Å²) in [5, 5.41) is 14.7. The number of rotatable bonds is 6. The Morgan fingerprint density at radius 3 is 2.61 bits per heavy atom. The van der Waals surface area contributed by atoms with Gasteiger partial charge in [0.2, 0.25) is 5.91 Å². The largest absolute Gasteiger partial charge is 0.481 e. The Hall–Kier alpha value is -2.21. The van der Waals surface area contributed by atoms with Gasteiger partial charge in [0.05, 0.1) is 22.5 Å². The lowest BCUT2D eigenvalue weighted by Gasteiger charge is -2.05. The Balaban J connectivity index is 1.48. The SMILES string of the molecule is Cc1nc(-c2ccc(CCNC(=O)[C@@H]3C[C@H]3C(=O)O)cc2)cs1. The predicted molar refractivity (Wildman–Crippen MR) is 88.2 cm³/mol. The van der Waals surface area contributed by atoms with Crippen LogP contribution < -0.4 is 5.32 Å². The Kier molecular flexibility index (Phi) is 4.43. The summed E-state index contributed by atoms with van der Waals surface area (Å²) in [6.07, 6.45) is 1.19. The molecule has 2 atom stereocenters. The molecule has 1 heterocycles. The molecule has 2 aromatic rings. The number of carboxylic acids is 1. The molecule has 3 rings (SSSR count). The van der Waals surface area contributed by atoms with Gasteiger partial charge in [0.15, 0.2) is 0 Å². The van der Waals surface area contributed by atoms with E-state index in [0.717, 1.165) is 28.2 Å². The van der Waals surface area contributed by atoms with E-state index in [2.05, 4.69) is 10.3 Å². The van der Waals surface area contributed by atoms with Gasteiger partial charge in [-0.25, -0.2) is 4.98 Å². The van der Waals surface area contributed by atoms with Gasteiger partial charge >= 0.3 is 5.97 Å². The number of carbonyl (C=O) groups is 2. The second-order valence-electron chi connectivity index (χ2n) is 5.78. The minimum Gasteiger partial charge on any atom is -0.481 e. The van der Waals surface area contributed by atoms with E-state index >= 15 is 0 Å². The zero-order valence-electron chi connectivity index (χ0n) is 12.8. The molecule has 1 aromatic heterocycles. The Bertz CT molecular complexity index is 724. The summed E-state index contributed by atoms with van der Waals surface area (Å²) in [5.74, 6) is -1.86. The first kappa shape index (κ1) is 15.7. The van der Waals surface area contributed by atoms with Crippen molar-refractivity contribution in [3.8, 4) is 11.3 Å². The highest BCUT2D eigenvalue weighted by molar-refractivity contribution is 7.09. The quantitative estimate of drug-likeness (QED) is 0.853. The number of aliphatic carboxylic acids is 1. The van der Waals surface area contributed by atoms with Crippen LogP contribution in [0.1, 0.15) is 17.0 Å². The van der Waals surface area contributed by atoms with Crippen LogP contribution >= 0.6 is 11.3 Å². The monoisotopic (exact) mass is 330 g/mol. The molecule has 0 spiro atoms. The normalized spacial score (nSPS) is 19.3. The molecule has 0 unspecified atom stereocenters. The third-order valence-electron chi connectivity index (χ3n) is 4.03. The summed E-state index contributed by atoms with van der Waals surface area (Å²) >= 11 is 1.63. The smallest absolute Gasteiger partial charge is 0.307 e. The summed E-state index contributed by atoms with van der Waals surface area (Å²) in [7, 11) is 0. The fourth-order valence-corrected chi connectivity index (χ4v) is 3.18. The summed E-state index contributed by atoms with van der Waals surface area (Å²) in [4.78, 5) is 27.0. The second-order valence-corrected chi connectivity index (χ2v) is 6.84. The van der Waals surface area contributed by atoms with Gasteiger partial charge in [-0.3, -0.25) is 9.59 Å². The van der Waals surface area contributed by atoms with E-state index in [1.165, 1.54) is 0 Å². The first-order chi connectivity index (χ1) is 11.0. The van der Waals surface area contributed by atoms with Gasteiger partial charge in [0.25, 0.3) is 0 Å². The van der Waals surface area contributed by atoms with Crippen LogP contribution in [0, 0.1) is 18.8 Å². The summed E-state index contributed by atoms with van der Waals surface area (Å²) in [6, 6.07) is 8.14. The average Bonchev–Trinajstić information content (AvgIpc) is 3.23. The van der Waals surface area contributed by atoms with Crippen molar-refractivity contribution in [1.82, 2.24) is 10.3 Å². The van der Waals surface area contributed by atoms with Crippen molar-refractivity contribution >= 4 is 23.2 Å². The number of nitrogens with one attached hydrogen (secondary N) is 1. The maximum Gasteiger partial charge on any atom is 0.307 e. The zero-order valence-corrected chi connectivity index (χ0v) is 13.6. The van der Waals surface area contributed by atoms with Crippen molar-refractivity contribution in [2.75, 3.05) is 6.54 Å². The van der Waals surface area contributed by atoms with Crippen LogP contribution in [0.25, 0.3) is 11.3 Å². The van der Waals surface area contributed by atoms with Crippen molar-refractivity contribution < 1.29 is 14.7 Å². The van der Waals surface area contributed by atoms with Gasteiger partial charge in [-0.15, -0.1) is 11.3 Å². The van der Waals surface area contributed by atoms with E-state index in [9.17, 15) is 9.59 Å². The summed E-state index contributed by atoms with van der Waals surface area (Å²) < 4.78 is 0. The van der Waals surface area contributed by atoms with Crippen molar-refractivity contribution in [1.29, 1.82) is 0 Å². The lowest BCUT2D eigenvalue weighted by Crippen LogP contribution is -2.28. The lowest BCUT2D eigenvalue weighted by molar-refractivity contribution is -0.140. The van der Waals surface area contributed by atoms with E-state index in [1.807, 2.05) is 36.6 Å². The first-order valence-corrected chi connectivity index (χ1v) is 8.44. The van der Waals surface area contributed by atoms with E-state index < -0.39 is 11.9 Å². The number of hydrogen-bond donors (Lipinski definition) is 2. The highest BCUT2D eigenvalue weighted by atomic mass is 32.1. The average molecular weight is 330 g/mol. The van der Waals surface area contributed by atoms with Gasteiger partial charge in [-0.2, -0.15) is 0 Å². The zero-order chi connectivity index (χ0) is 16.4. The van der Waals surface area contributed by atoms with Crippen LogP contribution in [0.4, 0.5) is 0 Å². The van der Waals surface area contributed by atoms with Crippen LogP contribution in [0.3, 0.4) is 0 Å². The predicted octanol–water partition coefficient (Wildman–Crippen LogP) is 2.50. The van der Waals surface area contributed by atoms with E-state index in [-0.39, 0.29) is 11.8 Å². The van der Waals surface area contributed by atoms with Gasteiger partial charge in [-0.1, -0.05) is 24.3 Å².